The number of pyridine rings is 1. The number of urea groups is 1. The average molecular weight is 428 g/mol. The number of alkyl halides is 2. The van der Waals surface area contributed by atoms with Gasteiger partial charge in [0.1, 0.15) is 16.9 Å². The smallest absolute Gasteiger partial charge is 0.387 e. The lowest BCUT2D eigenvalue weighted by atomic mass is 9.93. The molecular formula is C22H22F2N4O3. The molecule has 0 spiro atoms. The third kappa shape index (κ3) is 4.21. The van der Waals surface area contributed by atoms with Crippen molar-refractivity contribution in [3.63, 3.8) is 0 Å². The van der Waals surface area contributed by atoms with Crippen LogP contribution in [0.1, 0.15) is 30.2 Å². The standard InChI is InChI=1S/C22H22F2N4O3/c1-14-4-3-11-27-12-16(25-18(14)27)13-28-19(29)22(2,26-21(28)30)10-9-15-5-7-17(8-6-15)31-20(23)24/h3-8,11-12,20H,9-10,13H2,1-2H3,(H,26,30)/t22-/m1/s1. The molecule has 4 rings (SSSR count). The highest BCUT2D eigenvalue weighted by Gasteiger charge is 2.47. The minimum atomic E-state index is -2.88. The summed E-state index contributed by atoms with van der Waals surface area (Å²) in [6.45, 7) is 0.846. The number of carbonyl (C=O) groups excluding carboxylic acids is 2. The Bertz CT molecular complexity index is 1130. The number of carbonyl (C=O) groups is 2. The van der Waals surface area contributed by atoms with E-state index in [1.165, 1.54) is 17.0 Å². The number of fused-ring (bicyclic) bond motifs is 1. The van der Waals surface area contributed by atoms with Crippen molar-refractivity contribution in [3.05, 3.63) is 65.6 Å². The molecule has 31 heavy (non-hydrogen) atoms. The molecule has 1 atom stereocenters. The van der Waals surface area contributed by atoms with Crippen molar-refractivity contribution in [3.8, 4) is 5.75 Å². The number of benzene rings is 1. The molecule has 3 heterocycles. The third-order valence-corrected chi connectivity index (χ3v) is 5.46. The maximum atomic E-state index is 13.0. The molecule has 9 heteroatoms. The predicted octanol–water partition coefficient (Wildman–Crippen LogP) is 3.69. The Morgan fingerprint density at radius 1 is 1.19 bits per heavy atom. The molecule has 3 aromatic rings. The second-order valence-corrected chi connectivity index (χ2v) is 7.83. The Hall–Kier alpha value is -3.49. The van der Waals surface area contributed by atoms with Crippen LogP contribution >= 0.6 is 0 Å². The van der Waals surface area contributed by atoms with Gasteiger partial charge >= 0.3 is 12.6 Å². The maximum absolute atomic E-state index is 13.0. The van der Waals surface area contributed by atoms with Crippen molar-refractivity contribution < 1.29 is 23.1 Å². The van der Waals surface area contributed by atoms with Gasteiger partial charge in [0.05, 0.1) is 12.2 Å². The number of aryl methyl sites for hydroxylation is 2. The molecule has 2 aromatic heterocycles. The van der Waals surface area contributed by atoms with Gasteiger partial charge in [-0.05, 0) is 56.0 Å². The largest absolute Gasteiger partial charge is 0.435 e. The van der Waals surface area contributed by atoms with Gasteiger partial charge < -0.3 is 14.5 Å². The number of hydrogen-bond acceptors (Lipinski definition) is 4. The van der Waals surface area contributed by atoms with Gasteiger partial charge in [-0.25, -0.2) is 9.78 Å². The molecule has 1 aromatic carbocycles. The number of amides is 3. The van der Waals surface area contributed by atoms with Crippen LogP contribution in [0.15, 0.2) is 48.8 Å². The summed E-state index contributed by atoms with van der Waals surface area (Å²) in [7, 11) is 0. The Morgan fingerprint density at radius 2 is 1.94 bits per heavy atom. The Morgan fingerprint density at radius 3 is 2.61 bits per heavy atom. The van der Waals surface area contributed by atoms with Gasteiger partial charge in [-0.3, -0.25) is 9.69 Å². The molecule has 0 radical (unpaired) electrons. The highest BCUT2D eigenvalue weighted by atomic mass is 19.3. The summed E-state index contributed by atoms with van der Waals surface area (Å²) in [6, 6.07) is 9.64. The normalized spacial score (nSPS) is 18.8. The molecule has 162 valence electrons. The van der Waals surface area contributed by atoms with Crippen LogP contribution in [-0.2, 0) is 17.8 Å². The summed E-state index contributed by atoms with van der Waals surface area (Å²) in [5, 5.41) is 2.78. The fourth-order valence-corrected chi connectivity index (χ4v) is 3.73. The molecule has 3 amide bonds. The third-order valence-electron chi connectivity index (χ3n) is 5.46. The molecule has 7 nitrogen and oxygen atoms in total. The number of hydrogen-bond donors (Lipinski definition) is 1. The van der Waals surface area contributed by atoms with Crippen LogP contribution in [0.5, 0.6) is 5.75 Å². The van der Waals surface area contributed by atoms with E-state index in [-0.39, 0.29) is 18.2 Å². The van der Waals surface area contributed by atoms with Crippen molar-refractivity contribution in [2.24, 2.45) is 0 Å². The molecule has 1 fully saturated rings. The first-order valence-corrected chi connectivity index (χ1v) is 9.86. The lowest BCUT2D eigenvalue weighted by Gasteiger charge is -2.21. The average Bonchev–Trinajstić information content (AvgIpc) is 3.23. The van der Waals surface area contributed by atoms with Crippen LogP contribution in [0.2, 0.25) is 0 Å². The van der Waals surface area contributed by atoms with Crippen molar-refractivity contribution in [2.45, 2.75) is 45.4 Å². The summed E-state index contributed by atoms with van der Waals surface area (Å²) in [5.74, 6) is -0.243. The van der Waals surface area contributed by atoms with Gasteiger partial charge in [0.2, 0.25) is 0 Å². The number of aromatic nitrogens is 2. The highest BCUT2D eigenvalue weighted by molar-refractivity contribution is 6.06. The summed E-state index contributed by atoms with van der Waals surface area (Å²) in [6.07, 6.45) is 4.53. The fraction of sp³-hybridized carbons (Fsp3) is 0.318. The minimum absolute atomic E-state index is 0.0732. The van der Waals surface area contributed by atoms with Gasteiger partial charge in [0.25, 0.3) is 5.91 Å². The number of nitrogens with one attached hydrogen (secondary N) is 1. The van der Waals surface area contributed by atoms with Gasteiger partial charge in [-0.15, -0.1) is 0 Å². The molecule has 1 aliphatic rings. The summed E-state index contributed by atoms with van der Waals surface area (Å²) in [4.78, 5) is 31.3. The van der Waals surface area contributed by atoms with Crippen LogP contribution < -0.4 is 10.1 Å². The molecule has 0 unspecified atom stereocenters. The van der Waals surface area contributed by atoms with E-state index in [0.29, 0.717) is 18.5 Å². The van der Waals surface area contributed by atoms with Crippen LogP contribution in [0.4, 0.5) is 13.6 Å². The monoisotopic (exact) mass is 428 g/mol. The maximum Gasteiger partial charge on any atom is 0.387 e. The molecule has 0 aliphatic carbocycles. The van der Waals surface area contributed by atoms with E-state index in [0.717, 1.165) is 16.8 Å². The zero-order valence-electron chi connectivity index (χ0n) is 17.1. The van der Waals surface area contributed by atoms with Crippen molar-refractivity contribution >= 4 is 17.6 Å². The van der Waals surface area contributed by atoms with E-state index in [2.05, 4.69) is 15.0 Å². The number of halogens is 2. The Kier molecular flexibility index (Phi) is 5.34. The zero-order valence-corrected chi connectivity index (χ0v) is 17.1. The van der Waals surface area contributed by atoms with Crippen LogP contribution in [0.25, 0.3) is 5.65 Å². The summed E-state index contributed by atoms with van der Waals surface area (Å²) < 4.78 is 30.7. The molecule has 0 bridgehead atoms. The predicted molar refractivity (Wildman–Crippen MR) is 109 cm³/mol. The van der Waals surface area contributed by atoms with E-state index < -0.39 is 18.2 Å². The molecule has 1 N–H and O–H groups in total. The Balaban J connectivity index is 1.43. The van der Waals surface area contributed by atoms with Gasteiger partial charge in [-0.2, -0.15) is 8.78 Å². The molecule has 0 saturated carbocycles. The summed E-state index contributed by atoms with van der Waals surface area (Å²) in [5.41, 5.74) is 2.20. The lowest BCUT2D eigenvalue weighted by Crippen LogP contribution is -2.44. The lowest BCUT2D eigenvalue weighted by molar-refractivity contribution is -0.131. The van der Waals surface area contributed by atoms with Crippen molar-refractivity contribution in [1.82, 2.24) is 19.6 Å². The summed E-state index contributed by atoms with van der Waals surface area (Å²) >= 11 is 0. The molecule has 1 saturated heterocycles. The van der Waals surface area contributed by atoms with Crippen LogP contribution in [-0.4, -0.2) is 38.4 Å². The zero-order chi connectivity index (χ0) is 22.2. The number of imide groups is 1. The number of ether oxygens (including phenoxy) is 1. The van der Waals surface area contributed by atoms with E-state index in [1.54, 1.807) is 19.1 Å². The number of imidazole rings is 1. The first-order valence-electron chi connectivity index (χ1n) is 9.86. The van der Waals surface area contributed by atoms with E-state index >= 15 is 0 Å². The first-order chi connectivity index (χ1) is 14.7. The van der Waals surface area contributed by atoms with Crippen molar-refractivity contribution in [2.75, 3.05) is 0 Å². The quantitative estimate of drug-likeness (QED) is 0.583. The minimum Gasteiger partial charge on any atom is -0.435 e. The van der Waals surface area contributed by atoms with Gasteiger partial charge in [0.15, 0.2) is 0 Å². The Labute approximate surface area is 177 Å². The van der Waals surface area contributed by atoms with Gasteiger partial charge in [-0.1, -0.05) is 18.2 Å². The van der Waals surface area contributed by atoms with E-state index in [1.807, 2.05) is 35.9 Å². The first kappa shape index (κ1) is 20.8. The van der Waals surface area contributed by atoms with E-state index in [9.17, 15) is 18.4 Å². The fourth-order valence-electron chi connectivity index (χ4n) is 3.73. The number of rotatable bonds is 7. The van der Waals surface area contributed by atoms with Crippen LogP contribution in [0.3, 0.4) is 0 Å². The van der Waals surface area contributed by atoms with Crippen molar-refractivity contribution in [1.29, 1.82) is 0 Å². The molecule has 1 aliphatic heterocycles. The number of nitrogens with zero attached hydrogens (tertiary/aromatic N) is 3. The second kappa shape index (κ2) is 7.98. The second-order valence-electron chi connectivity index (χ2n) is 7.83. The van der Waals surface area contributed by atoms with E-state index in [4.69, 9.17) is 0 Å². The topological polar surface area (TPSA) is 75.9 Å². The van der Waals surface area contributed by atoms with Gasteiger partial charge in [0, 0.05) is 12.4 Å². The van der Waals surface area contributed by atoms with Crippen LogP contribution in [0, 0.1) is 6.92 Å². The molecular weight excluding hydrogens is 406 g/mol. The SMILES string of the molecule is Cc1cccn2cc(CN3C(=O)N[C@](C)(CCc4ccc(OC(F)F)cc4)C3=O)nc12. The highest BCUT2D eigenvalue weighted by Crippen LogP contribution is 2.26.